The van der Waals surface area contributed by atoms with Gasteiger partial charge in [0.15, 0.2) is 0 Å². The maximum absolute atomic E-state index is 11.3. The van der Waals surface area contributed by atoms with E-state index in [-0.39, 0.29) is 0 Å². The van der Waals surface area contributed by atoms with E-state index in [0.29, 0.717) is 29.3 Å². The lowest BCUT2D eigenvalue weighted by atomic mass is 10.1. The Balaban J connectivity index is 2.43. The van der Waals surface area contributed by atoms with E-state index in [1.54, 1.807) is 42.0 Å². The zero-order valence-corrected chi connectivity index (χ0v) is 11.3. The molecular formula is C13H14N2O3S. The largest absolute Gasteiger partial charge is 0.497 e. The van der Waals surface area contributed by atoms with Crippen molar-refractivity contribution in [2.75, 3.05) is 30.1 Å². The van der Waals surface area contributed by atoms with Gasteiger partial charge in [0.1, 0.15) is 17.9 Å². The topological polar surface area (TPSA) is 73.6 Å². The molecule has 0 spiro atoms. The molecule has 1 heterocycles. The van der Waals surface area contributed by atoms with Crippen molar-refractivity contribution in [1.82, 2.24) is 0 Å². The lowest BCUT2D eigenvalue weighted by molar-refractivity contribution is -0.138. The summed E-state index contributed by atoms with van der Waals surface area (Å²) >= 11 is 1.62. The van der Waals surface area contributed by atoms with Crippen molar-refractivity contribution in [2.45, 2.75) is 6.04 Å². The van der Waals surface area contributed by atoms with Crippen molar-refractivity contribution in [2.24, 2.45) is 0 Å². The first-order valence-corrected chi connectivity index (χ1v) is 6.98. The minimum Gasteiger partial charge on any atom is -0.497 e. The second-order valence-corrected chi connectivity index (χ2v) is 5.27. The summed E-state index contributed by atoms with van der Waals surface area (Å²) in [6.45, 7) is 0.615. The van der Waals surface area contributed by atoms with Crippen molar-refractivity contribution in [3.63, 3.8) is 0 Å². The molecule has 0 radical (unpaired) electrons. The Morgan fingerprint density at radius 3 is 3.05 bits per heavy atom. The molecular weight excluding hydrogens is 264 g/mol. The van der Waals surface area contributed by atoms with Crippen molar-refractivity contribution < 1.29 is 14.6 Å². The van der Waals surface area contributed by atoms with Crippen LogP contribution in [0.2, 0.25) is 0 Å². The average molecular weight is 278 g/mol. The normalized spacial score (nSPS) is 18.7. The third-order valence-electron chi connectivity index (χ3n) is 3.05. The maximum Gasteiger partial charge on any atom is 0.327 e. The zero-order chi connectivity index (χ0) is 13.8. The highest BCUT2D eigenvalue weighted by Gasteiger charge is 2.30. The number of hydrogen-bond acceptors (Lipinski definition) is 5. The predicted molar refractivity (Wildman–Crippen MR) is 73.8 cm³/mol. The quantitative estimate of drug-likeness (QED) is 0.904. The van der Waals surface area contributed by atoms with Gasteiger partial charge in [0, 0.05) is 24.1 Å². The van der Waals surface area contributed by atoms with Crippen molar-refractivity contribution in [1.29, 1.82) is 5.26 Å². The molecule has 6 heteroatoms. The van der Waals surface area contributed by atoms with E-state index >= 15 is 0 Å². The van der Waals surface area contributed by atoms with Gasteiger partial charge in [-0.15, -0.1) is 0 Å². The third kappa shape index (κ3) is 2.76. The molecule has 1 aromatic carbocycles. The van der Waals surface area contributed by atoms with Gasteiger partial charge in [-0.2, -0.15) is 17.0 Å². The summed E-state index contributed by atoms with van der Waals surface area (Å²) in [5, 5.41) is 18.5. The molecule has 1 atom stereocenters. The van der Waals surface area contributed by atoms with Crippen LogP contribution in [-0.2, 0) is 4.79 Å². The van der Waals surface area contributed by atoms with Gasteiger partial charge >= 0.3 is 5.97 Å². The van der Waals surface area contributed by atoms with Crippen LogP contribution < -0.4 is 9.64 Å². The van der Waals surface area contributed by atoms with Gasteiger partial charge in [0.05, 0.1) is 18.4 Å². The fraction of sp³-hybridized carbons (Fsp3) is 0.385. The minimum atomic E-state index is -0.862. The van der Waals surface area contributed by atoms with Gasteiger partial charge in [-0.05, 0) is 12.1 Å². The van der Waals surface area contributed by atoms with E-state index in [1.807, 2.05) is 0 Å². The first-order valence-electron chi connectivity index (χ1n) is 5.82. The number of ether oxygens (including phenoxy) is 1. The van der Waals surface area contributed by atoms with Crippen LogP contribution in [-0.4, -0.2) is 42.3 Å². The molecule has 1 N–H and O–H groups in total. The molecule has 0 saturated carbocycles. The molecule has 0 aromatic heterocycles. The standard InChI is InChI=1S/C13H14N2O3S/c1-18-10-3-2-9(7-14)11(6-10)15-4-5-19-8-12(15)13(16)17/h2-3,6,12H,4-5,8H2,1H3,(H,16,17). The summed E-state index contributed by atoms with van der Waals surface area (Å²) in [6.07, 6.45) is 0. The molecule has 0 bridgehead atoms. The van der Waals surface area contributed by atoms with Crippen LogP contribution in [0.25, 0.3) is 0 Å². The second-order valence-electron chi connectivity index (χ2n) is 4.12. The van der Waals surface area contributed by atoms with Crippen LogP contribution in [0.4, 0.5) is 5.69 Å². The number of hydrogen-bond donors (Lipinski definition) is 1. The van der Waals surface area contributed by atoms with Crippen LogP contribution in [0.3, 0.4) is 0 Å². The number of thioether (sulfide) groups is 1. The number of nitriles is 1. The Morgan fingerprint density at radius 2 is 2.42 bits per heavy atom. The van der Waals surface area contributed by atoms with E-state index < -0.39 is 12.0 Å². The van der Waals surface area contributed by atoms with E-state index in [4.69, 9.17) is 10.00 Å². The van der Waals surface area contributed by atoms with Crippen LogP contribution in [0, 0.1) is 11.3 Å². The molecule has 1 aromatic rings. The minimum absolute atomic E-state index is 0.471. The first kappa shape index (κ1) is 13.6. The van der Waals surface area contributed by atoms with Crippen LogP contribution in [0.15, 0.2) is 18.2 Å². The molecule has 0 amide bonds. The number of nitrogens with zero attached hydrogens (tertiary/aromatic N) is 2. The average Bonchev–Trinajstić information content (AvgIpc) is 2.46. The molecule has 100 valence electrons. The van der Waals surface area contributed by atoms with Crippen LogP contribution in [0.5, 0.6) is 5.75 Å². The molecule has 2 rings (SSSR count). The Morgan fingerprint density at radius 1 is 1.63 bits per heavy atom. The second kappa shape index (κ2) is 5.85. The lowest BCUT2D eigenvalue weighted by Crippen LogP contribution is -2.47. The fourth-order valence-corrected chi connectivity index (χ4v) is 3.11. The van der Waals surface area contributed by atoms with Crippen LogP contribution in [0.1, 0.15) is 5.56 Å². The number of methoxy groups -OCH3 is 1. The third-order valence-corrected chi connectivity index (χ3v) is 4.07. The van der Waals surface area contributed by atoms with E-state index in [1.165, 1.54) is 0 Å². The lowest BCUT2D eigenvalue weighted by Gasteiger charge is -2.35. The van der Waals surface area contributed by atoms with E-state index in [0.717, 1.165) is 5.75 Å². The van der Waals surface area contributed by atoms with Gasteiger partial charge in [0.25, 0.3) is 0 Å². The maximum atomic E-state index is 11.3. The SMILES string of the molecule is COc1ccc(C#N)c(N2CCSCC2C(=O)O)c1. The van der Waals surface area contributed by atoms with Gasteiger partial charge in [0.2, 0.25) is 0 Å². The van der Waals surface area contributed by atoms with Crippen molar-refractivity contribution >= 4 is 23.4 Å². The molecule has 0 aliphatic carbocycles. The Hall–Kier alpha value is -1.87. The number of carboxylic acid groups (broad SMARTS) is 1. The fourth-order valence-electron chi connectivity index (χ4n) is 2.07. The zero-order valence-electron chi connectivity index (χ0n) is 10.5. The Kier molecular flexibility index (Phi) is 4.17. The first-order chi connectivity index (χ1) is 9.17. The molecule has 1 aliphatic heterocycles. The van der Waals surface area contributed by atoms with Crippen LogP contribution >= 0.6 is 11.8 Å². The summed E-state index contributed by atoms with van der Waals surface area (Å²) in [5.74, 6) is 1.14. The molecule has 1 aliphatic rings. The van der Waals surface area contributed by atoms with Gasteiger partial charge in [-0.25, -0.2) is 4.79 Å². The Bertz CT molecular complexity index is 527. The van der Waals surface area contributed by atoms with Gasteiger partial charge < -0.3 is 14.7 Å². The summed E-state index contributed by atoms with van der Waals surface area (Å²) < 4.78 is 5.15. The number of rotatable bonds is 3. The number of aliphatic carboxylic acids is 1. The number of anilines is 1. The molecule has 5 nitrogen and oxygen atoms in total. The smallest absolute Gasteiger partial charge is 0.327 e. The number of benzene rings is 1. The molecule has 1 fully saturated rings. The van der Waals surface area contributed by atoms with Gasteiger partial charge in [-0.1, -0.05) is 0 Å². The highest BCUT2D eigenvalue weighted by atomic mass is 32.2. The highest BCUT2D eigenvalue weighted by molar-refractivity contribution is 7.99. The number of carbonyl (C=O) groups is 1. The number of carboxylic acids is 1. The summed E-state index contributed by atoms with van der Waals surface area (Å²) in [5.41, 5.74) is 1.11. The summed E-state index contributed by atoms with van der Waals surface area (Å²) in [4.78, 5) is 13.1. The molecule has 19 heavy (non-hydrogen) atoms. The van der Waals surface area contributed by atoms with Crippen molar-refractivity contribution in [3.8, 4) is 11.8 Å². The van der Waals surface area contributed by atoms with E-state index in [9.17, 15) is 9.90 Å². The Labute approximate surface area is 115 Å². The summed E-state index contributed by atoms with van der Waals surface area (Å²) in [7, 11) is 1.55. The summed E-state index contributed by atoms with van der Waals surface area (Å²) in [6, 6.07) is 6.60. The molecule has 1 unspecified atom stereocenters. The van der Waals surface area contributed by atoms with Gasteiger partial charge in [-0.3, -0.25) is 0 Å². The molecule has 1 saturated heterocycles. The highest BCUT2D eigenvalue weighted by Crippen LogP contribution is 2.30. The van der Waals surface area contributed by atoms with Crippen molar-refractivity contribution in [3.05, 3.63) is 23.8 Å². The van der Waals surface area contributed by atoms with E-state index in [2.05, 4.69) is 6.07 Å². The predicted octanol–water partition coefficient (Wildman–Crippen LogP) is 1.57. The monoisotopic (exact) mass is 278 g/mol.